The number of aryl methyl sites for hydroxylation is 1. The minimum Gasteiger partial charge on any atom is -0.496 e. The third-order valence-electron chi connectivity index (χ3n) is 6.63. The topological polar surface area (TPSA) is 108 Å². The van der Waals surface area contributed by atoms with Crippen molar-refractivity contribution >= 4 is 36.9 Å². The highest BCUT2D eigenvalue weighted by Crippen LogP contribution is 2.37. The maximum Gasteiger partial charge on any atom is 0.289 e. The second-order valence-corrected chi connectivity index (χ2v) is 13.7. The first-order valence-corrected chi connectivity index (χ1v) is 15.5. The summed E-state index contributed by atoms with van der Waals surface area (Å²) in [5.74, 6) is 0.200. The second-order valence-electron chi connectivity index (χ2n) is 9.28. The number of methoxy groups -OCH3 is 1. The van der Waals surface area contributed by atoms with Crippen molar-refractivity contribution in [2.45, 2.75) is 18.2 Å². The molecule has 4 aromatic rings. The number of aromatic amines is 1. The molecule has 1 aliphatic heterocycles. The van der Waals surface area contributed by atoms with E-state index in [-0.39, 0.29) is 10.7 Å². The third kappa shape index (κ3) is 5.14. The molecule has 2 N–H and O–H groups in total. The van der Waals surface area contributed by atoms with Crippen LogP contribution in [0.25, 0.3) is 27.7 Å². The molecular formula is C27H29FN4O4S2. The van der Waals surface area contributed by atoms with Crippen molar-refractivity contribution in [1.82, 2.24) is 14.3 Å². The molecule has 0 saturated carbocycles. The number of H-pyrrole nitrogens is 1. The maximum absolute atomic E-state index is 14.1. The lowest BCUT2D eigenvalue weighted by atomic mass is 10.0. The third-order valence-corrected chi connectivity index (χ3v) is 11.0. The summed E-state index contributed by atoms with van der Waals surface area (Å²) in [6.45, 7) is 2.65. The van der Waals surface area contributed by atoms with E-state index in [0.717, 1.165) is 27.8 Å². The normalized spacial score (nSPS) is 15.3. The molecule has 200 valence electrons. The molecule has 0 unspecified atom stereocenters. The first kappa shape index (κ1) is 26.2. The Bertz CT molecular complexity index is 1710. The van der Waals surface area contributed by atoms with Gasteiger partial charge in [-0.3, -0.25) is 0 Å². The molecule has 5 rings (SSSR count). The van der Waals surface area contributed by atoms with E-state index < -0.39 is 20.3 Å². The van der Waals surface area contributed by atoms with Crippen molar-refractivity contribution in [3.8, 4) is 16.9 Å². The van der Waals surface area contributed by atoms with Crippen molar-refractivity contribution in [3.63, 3.8) is 0 Å². The lowest BCUT2D eigenvalue weighted by Crippen LogP contribution is -2.39. The van der Waals surface area contributed by atoms with E-state index in [1.54, 1.807) is 35.8 Å². The average molecular weight is 557 g/mol. The Balaban J connectivity index is 1.43. The standard InChI is InChI=1S/C27H29FN4O4S2/c1-18-4-7-21(8-5-18)38(34,35)31-37(3,33)32-14-11-19(12-15-32)25-17-24-22(10-13-29-27(24)30-25)23-16-20(28)6-9-26(23)36-2/h4-11,13,16-17,37H,12,14-15H2,1-3H3,(H,29,30)(H,31,33). The van der Waals surface area contributed by atoms with Crippen LogP contribution in [0.3, 0.4) is 0 Å². The number of pyridine rings is 1. The number of rotatable bonds is 6. The van der Waals surface area contributed by atoms with Gasteiger partial charge >= 0.3 is 0 Å². The number of thiol groups is 1. The molecule has 8 nitrogen and oxygen atoms in total. The van der Waals surface area contributed by atoms with E-state index >= 15 is 0 Å². The smallest absolute Gasteiger partial charge is 0.289 e. The summed E-state index contributed by atoms with van der Waals surface area (Å²) in [7, 11) is -5.72. The Morgan fingerprint density at radius 3 is 2.58 bits per heavy atom. The quantitative estimate of drug-likeness (QED) is 0.280. The summed E-state index contributed by atoms with van der Waals surface area (Å²) < 4.78 is 61.9. The lowest BCUT2D eigenvalue weighted by molar-refractivity contribution is 0.415. The zero-order valence-electron chi connectivity index (χ0n) is 21.2. The van der Waals surface area contributed by atoms with Crippen LogP contribution in [0.15, 0.2) is 75.5 Å². The van der Waals surface area contributed by atoms with Crippen LogP contribution in [0.2, 0.25) is 0 Å². The number of hydrogen-bond acceptors (Lipinski definition) is 4. The Morgan fingerprint density at radius 1 is 1.13 bits per heavy atom. The van der Waals surface area contributed by atoms with E-state index in [1.807, 2.05) is 25.1 Å². The molecule has 3 heterocycles. The number of hydrogen-bond donors (Lipinski definition) is 3. The van der Waals surface area contributed by atoms with Crippen LogP contribution in [-0.2, 0) is 20.3 Å². The van der Waals surface area contributed by atoms with Crippen molar-refractivity contribution < 1.29 is 22.1 Å². The SMILES string of the molecule is COc1ccc(F)cc1-c1ccnc2[nH]c(C3=CCN([SH](C)(O)=NS(=O)(=O)c4ccc(C)cc4)CC3)cc12. The van der Waals surface area contributed by atoms with E-state index in [2.05, 4.69) is 13.7 Å². The molecule has 0 amide bonds. The van der Waals surface area contributed by atoms with E-state index in [9.17, 15) is 17.4 Å². The summed E-state index contributed by atoms with van der Waals surface area (Å²) in [6.07, 6.45) is 5.68. The first-order chi connectivity index (χ1) is 18.1. The van der Waals surface area contributed by atoms with Crippen LogP contribution >= 0.6 is 0 Å². The van der Waals surface area contributed by atoms with Gasteiger partial charge in [-0.15, -0.1) is 3.77 Å². The summed E-state index contributed by atoms with van der Waals surface area (Å²) in [4.78, 5) is 7.85. The molecule has 2 aromatic carbocycles. The second kappa shape index (κ2) is 10.1. The molecule has 0 bridgehead atoms. The van der Waals surface area contributed by atoms with Crippen molar-refractivity contribution in [3.05, 3.63) is 83.9 Å². The molecular weight excluding hydrogens is 527 g/mol. The molecule has 0 fully saturated rings. The van der Waals surface area contributed by atoms with Gasteiger partial charge in [0.2, 0.25) is 0 Å². The van der Waals surface area contributed by atoms with Crippen molar-refractivity contribution in [2.24, 2.45) is 3.77 Å². The number of aromatic nitrogens is 2. The molecule has 0 atom stereocenters. The molecule has 0 spiro atoms. The monoisotopic (exact) mass is 556 g/mol. The Hall–Kier alpha value is -3.38. The van der Waals surface area contributed by atoms with Gasteiger partial charge in [-0.05, 0) is 77.2 Å². The molecule has 11 heteroatoms. The van der Waals surface area contributed by atoms with E-state index in [1.165, 1.54) is 30.5 Å². The van der Waals surface area contributed by atoms with Gasteiger partial charge in [-0.2, -0.15) is 8.42 Å². The number of nitrogens with one attached hydrogen (secondary N) is 1. The number of ether oxygens (including phenoxy) is 1. The van der Waals surface area contributed by atoms with Gasteiger partial charge in [0.05, 0.1) is 12.0 Å². The zero-order valence-corrected chi connectivity index (χ0v) is 22.9. The Labute approximate surface area is 222 Å². The Kier molecular flexibility index (Phi) is 6.95. The predicted molar refractivity (Wildman–Crippen MR) is 150 cm³/mol. The minimum absolute atomic E-state index is 0.0629. The number of halogens is 1. The lowest BCUT2D eigenvalue weighted by Gasteiger charge is -2.35. The average Bonchev–Trinajstić information content (AvgIpc) is 3.33. The van der Waals surface area contributed by atoms with Gasteiger partial charge in [-0.1, -0.05) is 23.8 Å². The number of sulfonamides is 1. The van der Waals surface area contributed by atoms with Gasteiger partial charge in [0.1, 0.15) is 17.2 Å². The number of fused-ring (bicyclic) bond motifs is 1. The van der Waals surface area contributed by atoms with Crippen LogP contribution in [0.4, 0.5) is 4.39 Å². The molecule has 1 aliphatic rings. The highest BCUT2D eigenvalue weighted by molar-refractivity contribution is 8.05. The molecule has 0 aliphatic carbocycles. The first-order valence-electron chi connectivity index (χ1n) is 12.0. The van der Waals surface area contributed by atoms with Crippen molar-refractivity contribution in [1.29, 1.82) is 0 Å². The van der Waals surface area contributed by atoms with Gasteiger partial charge in [0.15, 0.2) is 0 Å². The fourth-order valence-corrected chi connectivity index (χ4v) is 8.35. The molecule has 0 saturated heterocycles. The number of nitrogens with zero attached hydrogens (tertiary/aromatic N) is 3. The van der Waals surface area contributed by atoms with Crippen LogP contribution in [0.1, 0.15) is 17.7 Å². The van der Waals surface area contributed by atoms with Gasteiger partial charge in [-0.25, -0.2) is 13.7 Å². The van der Waals surface area contributed by atoms with Crippen LogP contribution in [0, 0.1) is 12.7 Å². The largest absolute Gasteiger partial charge is 0.496 e. The number of benzene rings is 2. The highest BCUT2D eigenvalue weighted by Gasteiger charge is 2.24. The van der Waals surface area contributed by atoms with Crippen LogP contribution < -0.4 is 4.74 Å². The molecule has 2 aromatic heterocycles. The fraction of sp³-hybridized carbons (Fsp3) is 0.222. The minimum atomic E-state index is -4.00. The predicted octanol–water partition coefficient (Wildman–Crippen LogP) is 5.25. The molecule has 0 radical (unpaired) electrons. The summed E-state index contributed by atoms with van der Waals surface area (Å²) in [6, 6.07) is 14.6. The van der Waals surface area contributed by atoms with Gasteiger partial charge < -0.3 is 14.3 Å². The molecule has 38 heavy (non-hydrogen) atoms. The summed E-state index contributed by atoms with van der Waals surface area (Å²) >= 11 is 0. The van der Waals surface area contributed by atoms with E-state index in [0.29, 0.717) is 36.5 Å². The Morgan fingerprint density at radius 2 is 1.89 bits per heavy atom. The van der Waals surface area contributed by atoms with Crippen molar-refractivity contribution in [2.75, 3.05) is 26.5 Å². The summed E-state index contributed by atoms with van der Waals surface area (Å²) in [5.41, 5.74) is 4.89. The van der Waals surface area contributed by atoms with Gasteiger partial charge in [0, 0.05) is 42.2 Å². The van der Waals surface area contributed by atoms with Gasteiger partial charge in [0.25, 0.3) is 10.0 Å². The van der Waals surface area contributed by atoms with Crippen LogP contribution in [0.5, 0.6) is 5.75 Å². The fourth-order valence-electron chi connectivity index (χ4n) is 4.59. The summed E-state index contributed by atoms with van der Waals surface area (Å²) in [5, 5.41) is 0.827. The highest BCUT2D eigenvalue weighted by atomic mass is 32.3. The van der Waals surface area contributed by atoms with E-state index in [4.69, 9.17) is 4.74 Å². The zero-order chi connectivity index (χ0) is 27.1. The maximum atomic E-state index is 14.1. The van der Waals surface area contributed by atoms with Crippen LogP contribution in [-0.4, -0.2) is 53.7 Å².